The largest absolute Gasteiger partial charge is 0.480 e. The average Bonchev–Trinajstić information content (AvgIpc) is 2.97. The number of carbonyl (C=O) groups excluding carboxylic acids is 1. The number of carboxylic acids is 1. The number of likely N-dealkylation sites (tertiary alicyclic amines) is 1. The molecule has 92 valence electrons. The minimum Gasteiger partial charge on any atom is -0.480 e. The maximum Gasteiger partial charge on any atom is 0.326 e. The van der Waals surface area contributed by atoms with Gasteiger partial charge in [-0.25, -0.2) is 4.79 Å². The van der Waals surface area contributed by atoms with Crippen LogP contribution in [0.4, 0.5) is 0 Å². The van der Waals surface area contributed by atoms with E-state index in [1.807, 2.05) is 13.0 Å². The summed E-state index contributed by atoms with van der Waals surface area (Å²) in [6, 6.07) is 3.09. The third kappa shape index (κ3) is 2.34. The first-order valence-corrected chi connectivity index (χ1v) is 6.57. The lowest BCUT2D eigenvalue weighted by molar-refractivity contribution is -0.141. The van der Waals surface area contributed by atoms with Crippen LogP contribution in [0.5, 0.6) is 0 Å². The standard InChI is InChI=1S/C12H15NO3S/c1-2-8-5-6-10(17-8)11(14)13-7-3-4-9(13)12(15)16/h5-6,9H,2-4,7H2,1H3,(H,15,16). The van der Waals surface area contributed by atoms with Crippen molar-refractivity contribution in [2.75, 3.05) is 6.54 Å². The Morgan fingerprint density at radius 1 is 1.53 bits per heavy atom. The van der Waals surface area contributed by atoms with Crippen molar-refractivity contribution >= 4 is 23.2 Å². The van der Waals surface area contributed by atoms with Crippen LogP contribution in [-0.2, 0) is 11.2 Å². The van der Waals surface area contributed by atoms with Crippen molar-refractivity contribution in [2.45, 2.75) is 32.2 Å². The van der Waals surface area contributed by atoms with Crippen molar-refractivity contribution < 1.29 is 14.7 Å². The molecule has 1 N–H and O–H groups in total. The smallest absolute Gasteiger partial charge is 0.326 e. The molecule has 0 radical (unpaired) electrons. The molecular weight excluding hydrogens is 238 g/mol. The molecule has 0 aliphatic carbocycles. The van der Waals surface area contributed by atoms with Crippen LogP contribution in [0, 0.1) is 0 Å². The van der Waals surface area contributed by atoms with Gasteiger partial charge in [-0.3, -0.25) is 4.79 Å². The van der Waals surface area contributed by atoms with Crippen molar-refractivity contribution in [3.8, 4) is 0 Å². The molecule has 2 heterocycles. The minimum absolute atomic E-state index is 0.139. The van der Waals surface area contributed by atoms with Crippen LogP contribution in [0.3, 0.4) is 0 Å². The van der Waals surface area contributed by atoms with Gasteiger partial charge in [0.15, 0.2) is 0 Å². The van der Waals surface area contributed by atoms with Gasteiger partial charge in [-0.05, 0) is 31.4 Å². The van der Waals surface area contributed by atoms with Gasteiger partial charge in [-0.15, -0.1) is 11.3 Å². The number of nitrogens with zero attached hydrogens (tertiary/aromatic N) is 1. The highest BCUT2D eigenvalue weighted by Crippen LogP contribution is 2.24. The molecule has 1 amide bonds. The highest BCUT2D eigenvalue weighted by atomic mass is 32.1. The zero-order valence-corrected chi connectivity index (χ0v) is 10.5. The first-order valence-electron chi connectivity index (χ1n) is 5.76. The van der Waals surface area contributed by atoms with Gasteiger partial charge in [-0.2, -0.15) is 0 Å². The maximum atomic E-state index is 12.2. The number of thiophene rings is 1. The molecule has 1 aromatic rings. The molecule has 1 aromatic heterocycles. The Morgan fingerprint density at radius 2 is 2.29 bits per heavy atom. The molecule has 1 atom stereocenters. The molecule has 17 heavy (non-hydrogen) atoms. The van der Waals surface area contributed by atoms with Gasteiger partial charge in [0.05, 0.1) is 4.88 Å². The number of carboxylic acid groups (broad SMARTS) is 1. The summed E-state index contributed by atoms with van der Waals surface area (Å²) in [6.45, 7) is 2.59. The van der Waals surface area contributed by atoms with Crippen LogP contribution in [0.1, 0.15) is 34.3 Å². The van der Waals surface area contributed by atoms with E-state index < -0.39 is 12.0 Å². The highest BCUT2D eigenvalue weighted by molar-refractivity contribution is 7.14. The number of aliphatic carboxylic acids is 1. The van der Waals surface area contributed by atoms with Crippen molar-refractivity contribution in [1.82, 2.24) is 4.90 Å². The van der Waals surface area contributed by atoms with E-state index in [2.05, 4.69) is 0 Å². The fraction of sp³-hybridized carbons (Fsp3) is 0.500. The van der Waals surface area contributed by atoms with E-state index in [4.69, 9.17) is 5.11 Å². The van der Waals surface area contributed by atoms with Gasteiger partial charge in [0.2, 0.25) is 0 Å². The van der Waals surface area contributed by atoms with Crippen LogP contribution in [-0.4, -0.2) is 34.5 Å². The second-order valence-corrected chi connectivity index (χ2v) is 5.28. The molecule has 2 rings (SSSR count). The van der Waals surface area contributed by atoms with Crippen molar-refractivity contribution in [2.24, 2.45) is 0 Å². The Kier molecular flexibility index (Phi) is 3.47. The highest BCUT2D eigenvalue weighted by Gasteiger charge is 2.34. The van der Waals surface area contributed by atoms with Gasteiger partial charge in [0.25, 0.3) is 5.91 Å². The third-order valence-electron chi connectivity index (χ3n) is 3.02. The quantitative estimate of drug-likeness (QED) is 0.896. The van der Waals surface area contributed by atoms with Crippen molar-refractivity contribution in [3.63, 3.8) is 0 Å². The lowest BCUT2D eigenvalue weighted by Gasteiger charge is -2.20. The maximum absolute atomic E-state index is 12.2. The SMILES string of the molecule is CCc1ccc(C(=O)N2CCCC2C(=O)O)s1. The molecule has 5 heteroatoms. The van der Waals surface area contributed by atoms with Crippen molar-refractivity contribution in [1.29, 1.82) is 0 Å². The summed E-state index contributed by atoms with van der Waals surface area (Å²) in [5.74, 6) is -1.04. The van der Waals surface area contributed by atoms with E-state index in [-0.39, 0.29) is 5.91 Å². The molecule has 0 bridgehead atoms. The molecule has 1 unspecified atom stereocenters. The lowest BCUT2D eigenvalue weighted by atomic mass is 10.2. The van der Waals surface area contributed by atoms with Gasteiger partial charge < -0.3 is 10.0 Å². The molecule has 1 saturated heterocycles. The molecular formula is C12H15NO3S. The summed E-state index contributed by atoms with van der Waals surface area (Å²) in [4.78, 5) is 26.5. The molecule has 0 aromatic carbocycles. The zero-order chi connectivity index (χ0) is 12.4. The number of aryl methyl sites for hydroxylation is 1. The number of hydrogen-bond donors (Lipinski definition) is 1. The van der Waals surface area contributed by atoms with Crippen LogP contribution in [0.25, 0.3) is 0 Å². The fourth-order valence-corrected chi connectivity index (χ4v) is 2.99. The summed E-state index contributed by atoms with van der Waals surface area (Å²) in [6.07, 6.45) is 2.24. The number of rotatable bonds is 3. The first-order chi connectivity index (χ1) is 8.13. The Morgan fingerprint density at radius 3 is 2.88 bits per heavy atom. The predicted octanol–water partition coefficient (Wildman–Crippen LogP) is 2.00. The summed E-state index contributed by atoms with van der Waals surface area (Å²) in [5.41, 5.74) is 0. The van der Waals surface area contributed by atoms with Crippen LogP contribution < -0.4 is 0 Å². The summed E-state index contributed by atoms with van der Waals surface area (Å²) in [5, 5.41) is 9.04. The number of amides is 1. The van der Waals surface area contributed by atoms with E-state index >= 15 is 0 Å². The molecule has 1 fully saturated rings. The van der Waals surface area contributed by atoms with Gasteiger partial charge in [0.1, 0.15) is 6.04 Å². The van der Waals surface area contributed by atoms with Crippen molar-refractivity contribution in [3.05, 3.63) is 21.9 Å². The first kappa shape index (κ1) is 12.1. The van der Waals surface area contributed by atoms with E-state index in [1.54, 1.807) is 6.07 Å². The van der Waals surface area contributed by atoms with Gasteiger partial charge >= 0.3 is 5.97 Å². The van der Waals surface area contributed by atoms with Crippen LogP contribution in [0.2, 0.25) is 0 Å². The Bertz CT molecular complexity index is 441. The lowest BCUT2D eigenvalue weighted by Crippen LogP contribution is -2.40. The Labute approximate surface area is 104 Å². The summed E-state index contributed by atoms with van der Waals surface area (Å²) >= 11 is 1.46. The fourth-order valence-electron chi connectivity index (χ4n) is 2.09. The average molecular weight is 253 g/mol. The summed E-state index contributed by atoms with van der Waals surface area (Å²) in [7, 11) is 0. The topological polar surface area (TPSA) is 57.6 Å². The normalized spacial score (nSPS) is 19.6. The Balaban J connectivity index is 2.16. The van der Waals surface area contributed by atoms with E-state index in [9.17, 15) is 9.59 Å². The van der Waals surface area contributed by atoms with Crippen LogP contribution >= 0.6 is 11.3 Å². The Hall–Kier alpha value is -1.36. The molecule has 1 aliphatic rings. The van der Waals surface area contributed by atoms with Gasteiger partial charge in [0, 0.05) is 11.4 Å². The number of hydrogen-bond acceptors (Lipinski definition) is 3. The summed E-state index contributed by atoms with van der Waals surface area (Å²) < 4.78 is 0. The zero-order valence-electron chi connectivity index (χ0n) is 9.68. The molecule has 0 spiro atoms. The molecule has 1 aliphatic heterocycles. The monoisotopic (exact) mass is 253 g/mol. The van der Waals surface area contributed by atoms with Gasteiger partial charge in [-0.1, -0.05) is 6.92 Å². The second-order valence-electron chi connectivity index (χ2n) is 4.11. The molecule has 4 nitrogen and oxygen atoms in total. The number of carbonyl (C=O) groups is 2. The van der Waals surface area contributed by atoms with E-state index in [0.29, 0.717) is 17.8 Å². The van der Waals surface area contributed by atoms with E-state index in [1.165, 1.54) is 16.2 Å². The third-order valence-corrected chi connectivity index (χ3v) is 4.24. The minimum atomic E-state index is -0.900. The molecule has 0 saturated carbocycles. The predicted molar refractivity (Wildman–Crippen MR) is 65.4 cm³/mol. The second kappa shape index (κ2) is 4.87. The van der Waals surface area contributed by atoms with E-state index in [0.717, 1.165) is 17.7 Å². The van der Waals surface area contributed by atoms with Crippen LogP contribution in [0.15, 0.2) is 12.1 Å².